The van der Waals surface area contributed by atoms with Crippen LogP contribution >= 0.6 is 0 Å². The first-order valence-corrected chi connectivity index (χ1v) is 13.8. The van der Waals surface area contributed by atoms with Crippen LogP contribution in [-0.4, -0.2) is 91.2 Å². The topological polar surface area (TPSA) is 169 Å². The number of aliphatic carboxylic acids is 1. The van der Waals surface area contributed by atoms with Gasteiger partial charge in [-0.25, -0.2) is 9.97 Å². The van der Waals surface area contributed by atoms with Crippen LogP contribution in [0.15, 0.2) is 41.8 Å². The maximum absolute atomic E-state index is 13.2. The molecule has 222 valence electrons. The Morgan fingerprint density at radius 2 is 1.76 bits per heavy atom. The number of carbonyl (C=O) groups is 2. The van der Waals surface area contributed by atoms with Gasteiger partial charge >= 0.3 is 5.97 Å². The molecule has 2 aromatic rings. The maximum Gasteiger partial charge on any atom is 0.304 e. The van der Waals surface area contributed by atoms with E-state index in [1.165, 1.54) is 0 Å². The van der Waals surface area contributed by atoms with Gasteiger partial charge in [0.2, 0.25) is 5.91 Å². The number of aryl methyl sites for hydroxylation is 1. The zero-order valence-corrected chi connectivity index (χ0v) is 23.2. The van der Waals surface area contributed by atoms with E-state index in [1.54, 1.807) is 23.4 Å². The number of hydrogen-bond donors (Lipinski definition) is 1. The average molecular weight is 571 g/mol. The van der Waals surface area contributed by atoms with Crippen molar-refractivity contribution in [2.45, 2.75) is 38.6 Å². The Labute approximate surface area is 239 Å². The van der Waals surface area contributed by atoms with Gasteiger partial charge in [-0.15, -0.1) is 0 Å². The molecule has 0 unspecified atom stereocenters. The lowest BCUT2D eigenvalue weighted by atomic mass is 9.94. The number of unbranched alkanes of at least 4 members (excludes halogenated alkanes) is 1. The number of carbonyl (C=O) groups excluding carboxylic acids is 1. The molecule has 0 saturated heterocycles. The predicted octanol–water partition coefficient (Wildman–Crippen LogP) is 3.21. The number of fused-ring (bicyclic) bond motifs is 1. The standard InChI is InChI=1S/C28H38N6O7/c29-33-32-9-12-38-14-16-40-17-15-39-13-10-34-21-24-19-25(41-11-2-1-4-26-30-7-3-8-31-26)6-5-22(24)18-23(28(34)37)20-27(35)36/h3,5-8,19,23H,1-2,4,9-18,20-21H2,(H,35,36)/t23-/m0/s1. The molecular formula is C28H38N6O7. The number of hydrogen-bond acceptors (Lipinski definition) is 9. The molecule has 0 aliphatic carbocycles. The Hall–Kier alpha value is -3.77. The van der Waals surface area contributed by atoms with Gasteiger partial charge < -0.3 is 29.0 Å². The van der Waals surface area contributed by atoms with E-state index in [0.29, 0.717) is 65.8 Å². The summed E-state index contributed by atoms with van der Waals surface area (Å²) < 4.78 is 22.3. The second kappa shape index (κ2) is 18.6. The molecule has 1 amide bonds. The van der Waals surface area contributed by atoms with Gasteiger partial charge in [-0.1, -0.05) is 11.2 Å². The normalized spacial score (nSPS) is 14.7. The lowest BCUT2D eigenvalue weighted by Crippen LogP contribution is -2.37. The Kier molecular flexibility index (Phi) is 14.4. The Morgan fingerprint density at radius 1 is 1.02 bits per heavy atom. The molecule has 41 heavy (non-hydrogen) atoms. The van der Waals surface area contributed by atoms with Gasteiger partial charge in [-0.2, -0.15) is 0 Å². The van der Waals surface area contributed by atoms with E-state index in [0.717, 1.165) is 42.0 Å². The number of carboxylic acid groups (broad SMARTS) is 1. The molecule has 0 saturated carbocycles. The molecule has 0 bridgehead atoms. The van der Waals surface area contributed by atoms with E-state index in [2.05, 4.69) is 20.0 Å². The molecule has 1 aromatic carbocycles. The maximum atomic E-state index is 13.2. The van der Waals surface area contributed by atoms with E-state index in [9.17, 15) is 14.7 Å². The van der Waals surface area contributed by atoms with Crippen LogP contribution in [0.2, 0.25) is 0 Å². The molecule has 1 aromatic heterocycles. The minimum Gasteiger partial charge on any atom is -0.494 e. The van der Waals surface area contributed by atoms with Gasteiger partial charge in [0.25, 0.3) is 0 Å². The highest BCUT2D eigenvalue weighted by atomic mass is 16.5. The third-order valence-corrected chi connectivity index (χ3v) is 6.42. The third kappa shape index (κ3) is 12.1. The van der Waals surface area contributed by atoms with Crippen LogP contribution in [-0.2, 0) is 43.2 Å². The molecule has 0 fully saturated rings. The lowest BCUT2D eigenvalue weighted by Gasteiger charge is -2.24. The molecule has 1 aliphatic rings. The smallest absolute Gasteiger partial charge is 0.304 e. The SMILES string of the molecule is [N-]=[N+]=NCCOCCOCCOCCN1Cc2cc(OCCCCc3ncccn3)ccc2C[C@@H](CC(=O)O)C1=O. The van der Waals surface area contributed by atoms with Crippen LogP contribution < -0.4 is 4.74 Å². The van der Waals surface area contributed by atoms with E-state index in [1.807, 2.05) is 18.2 Å². The Morgan fingerprint density at radius 3 is 2.49 bits per heavy atom. The number of benzene rings is 1. The molecule has 13 nitrogen and oxygen atoms in total. The summed E-state index contributed by atoms with van der Waals surface area (Å²) in [6.45, 7) is 3.68. The Bertz CT molecular complexity index is 1130. The molecule has 0 radical (unpaired) electrons. The second-order valence-electron chi connectivity index (χ2n) is 9.45. The van der Waals surface area contributed by atoms with E-state index in [4.69, 9.17) is 24.5 Å². The van der Waals surface area contributed by atoms with Crippen LogP contribution in [0.5, 0.6) is 5.75 Å². The van der Waals surface area contributed by atoms with Crippen molar-refractivity contribution in [3.8, 4) is 5.75 Å². The van der Waals surface area contributed by atoms with Crippen molar-refractivity contribution < 1.29 is 33.6 Å². The summed E-state index contributed by atoms with van der Waals surface area (Å²) in [4.78, 5) is 37.5. The van der Waals surface area contributed by atoms with E-state index < -0.39 is 11.9 Å². The largest absolute Gasteiger partial charge is 0.494 e. The van der Waals surface area contributed by atoms with Crippen molar-refractivity contribution in [1.82, 2.24) is 14.9 Å². The van der Waals surface area contributed by atoms with Crippen LogP contribution in [0.3, 0.4) is 0 Å². The quantitative estimate of drug-likeness (QED) is 0.109. The number of rotatable bonds is 20. The van der Waals surface area contributed by atoms with Crippen LogP contribution in [0.1, 0.15) is 36.2 Å². The molecule has 13 heteroatoms. The summed E-state index contributed by atoms with van der Waals surface area (Å²) in [7, 11) is 0. The van der Waals surface area contributed by atoms with Crippen LogP contribution in [0.25, 0.3) is 10.4 Å². The first-order valence-electron chi connectivity index (χ1n) is 13.8. The predicted molar refractivity (Wildman–Crippen MR) is 148 cm³/mol. The summed E-state index contributed by atoms with van der Waals surface area (Å²) in [5.41, 5.74) is 10.1. The van der Waals surface area contributed by atoms with Crippen molar-refractivity contribution in [1.29, 1.82) is 0 Å². The van der Waals surface area contributed by atoms with Gasteiger partial charge in [-0.05, 0) is 54.1 Å². The number of nitrogens with zero attached hydrogens (tertiary/aromatic N) is 6. The summed E-state index contributed by atoms with van der Waals surface area (Å²) in [6, 6.07) is 7.56. The highest BCUT2D eigenvalue weighted by Crippen LogP contribution is 2.28. The summed E-state index contributed by atoms with van der Waals surface area (Å²) in [5.74, 6) is -0.281. The van der Waals surface area contributed by atoms with Gasteiger partial charge in [0.05, 0.1) is 58.6 Å². The van der Waals surface area contributed by atoms with Crippen molar-refractivity contribution in [2.75, 3.05) is 59.3 Å². The molecule has 2 heterocycles. The number of amides is 1. The second-order valence-corrected chi connectivity index (χ2v) is 9.45. The highest BCUT2D eigenvalue weighted by molar-refractivity contribution is 5.84. The van der Waals surface area contributed by atoms with Crippen molar-refractivity contribution >= 4 is 11.9 Å². The number of ether oxygens (including phenoxy) is 4. The molecule has 1 atom stereocenters. The molecular weight excluding hydrogens is 532 g/mol. The Balaban J connectivity index is 1.44. The number of carboxylic acids is 1. The van der Waals surface area contributed by atoms with Crippen molar-refractivity contribution in [2.24, 2.45) is 11.0 Å². The molecule has 0 spiro atoms. The van der Waals surface area contributed by atoms with Crippen LogP contribution in [0, 0.1) is 5.92 Å². The molecule has 1 aliphatic heterocycles. The highest BCUT2D eigenvalue weighted by Gasteiger charge is 2.31. The zero-order valence-electron chi connectivity index (χ0n) is 23.2. The number of azide groups is 1. The molecule has 3 rings (SSSR count). The van der Waals surface area contributed by atoms with Gasteiger partial charge in [0, 0.05) is 43.4 Å². The summed E-state index contributed by atoms with van der Waals surface area (Å²) in [5, 5.41) is 12.8. The average Bonchev–Trinajstić information content (AvgIpc) is 3.09. The van der Waals surface area contributed by atoms with Gasteiger partial charge in [0.15, 0.2) is 0 Å². The third-order valence-electron chi connectivity index (χ3n) is 6.42. The zero-order chi connectivity index (χ0) is 29.1. The minimum atomic E-state index is -0.997. The molecule has 1 N–H and O–H groups in total. The van der Waals surface area contributed by atoms with E-state index >= 15 is 0 Å². The summed E-state index contributed by atoms with van der Waals surface area (Å²) >= 11 is 0. The fourth-order valence-electron chi connectivity index (χ4n) is 4.39. The fraction of sp³-hybridized carbons (Fsp3) is 0.571. The fourth-order valence-corrected chi connectivity index (χ4v) is 4.39. The minimum absolute atomic E-state index is 0.188. The lowest BCUT2D eigenvalue weighted by molar-refractivity contribution is -0.145. The summed E-state index contributed by atoms with van der Waals surface area (Å²) in [6.07, 6.45) is 6.17. The van der Waals surface area contributed by atoms with Crippen LogP contribution in [0.4, 0.5) is 0 Å². The van der Waals surface area contributed by atoms with E-state index in [-0.39, 0.29) is 18.9 Å². The van der Waals surface area contributed by atoms with Crippen molar-refractivity contribution in [3.63, 3.8) is 0 Å². The first-order chi connectivity index (χ1) is 20.1. The van der Waals surface area contributed by atoms with Gasteiger partial charge in [0.1, 0.15) is 11.6 Å². The van der Waals surface area contributed by atoms with Crippen molar-refractivity contribution in [3.05, 3.63) is 64.1 Å². The number of aromatic nitrogens is 2. The van der Waals surface area contributed by atoms with Gasteiger partial charge in [-0.3, -0.25) is 9.59 Å². The monoisotopic (exact) mass is 570 g/mol. The first kappa shape index (κ1) is 31.8.